The van der Waals surface area contributed by atoms with Crippen molar-refractivity contribution in [2.75, 3.05) is 5.33 Å². The second-order valence-corrected chi connectivity index (χ2v) is 7.60. The highest BCUT2D eigenvalue weighted by Crippen LogP contribution is 2.11. The van der Waals surface area contributed by atoms with Crippen molar-refractivity contribution in [1.29, 1.82) is 0 Å². The second kappa shape index (κ2) is 19.0. The topological polar surface area (TPSA) is 26.3 Å². The van der Waals surface area contributed by atoms with Crippen LogP contribution in [-0.2, 0) is 9.53 Å². The molecule has 0 rings (SSSR count). The van der Waals surface area contributed by atoms with Gasteiger partial charge in [-0.15, -0.1) is 0 Å². The summed E-state index contributed by atoms with van der Waals surface area (Å²) in [6.07, 6.45) is 21.0. The average molecular weight is 403 g/mol. The first-order valence-corrected chi connectivity index (χ1v) is 11.3. The van der Waals surface area contributed by atoms with Crippen LogP contribution in [0.3, 0.4) is 0 Å². The van der Waals surface area contributed by atoms with Gasteiger partial charge in [-0.2, -0.15) is 0 Å². The molecule has 0 aliphatic carbocycles. The summed E-state index contributed by atoms with van der Waals surface area (Å²) in [5.41, 5.74) is 0. The van der Waals surface area contributed by atoms with E-state index in [0.29, 0.717) is 0 Å². The van der Waals surface area contributed by atoms with Gasteiger partial charge in [-0.1, -0.05) is 86.7 Å². The fourth-order valence-corrected chi connectivity index (χ4v) is 3.15. The minimum absolute atomic E-state index is 0.0405. The third-order valence-electron chi connectivity index (χ3n) is 4.29. The minimum Gasteiger partial charge on any atom is -0.460 e. The molecule has 0 fully saturated rings. The maximum Gasteiger partial charge on any atom is 0.330 e. The van der Waals surface area contributed by atoms with Crippen LogP contribution in [-0.4, -0.2) is 17.4 Å². The van der Waals surface area contributed by atoms with Crippen molar-refractivity contribution in [3.63, 3.8) is 0 Å². The number of hydrogen-bond donors (Lipinski definition) is 0. The van der Waals surface area contributed by atoms with E-state index in [0.717, 1.165) is 24.6 Å². The van der Waals surface area contributed by atoms with E-state index in [4.69, 9.17) is 4.74 Å². The lowest BCUT2D eigenvalue weighted by molar-refractivity contribution is -0.142. The fraction of sp³-hybridized carbons (Fsp3) is 0.857. The van der Waals surface area contributed by atoms with Crippen LogP contribution >= 0.6 is 15.9 Å². The lowest BCUT2D eigenvalue weighted by Crippen LogP contribution is -2.12. The zero-order chi connectivity index (χ0) is 17.9. The lowest BCUT2D eigenvalue weighted by Gasteiger charge is -2.11. The van der Waals surface area contributed by atoms with Crippen LogP contribution in [0.4, 0.5) is 0 Å². The summed E-state index contributed by atoms with van der Waals surface area (Å²) in [6.45, 7) is 4.24. The molecule has 0 saturated heterocycles. The average Bonchev–Trinajstić information content (AvgIpc) is 2.56. The van der Waals surface area contributed by atoms with Crippen LogP contribution in [0.5, 0.6) is 0 Å². The van der Waals surface area contributed by atoms with Crippen molar-refractivity contribution in [3.05, 3.63) is 12.2 Å². The molecule has 1 unspecified atom stereocenters. The summed E-state index contributed by atoms with van der Waals surface area (Å²) < 4.78 is 5.42. The fourth-order valence-electron chi connectivity index (χ4n) is 2.75. The van der Waals surface area contributed by atoms with E-state index in [9.17, 15) is 4.79 Å². The molecule has 1 atom stereocenters. The molecule has 2 nitrogen and oxygen atoms in total. The van der Waals surface area contributed by atoms with Gasteiger partial charge in [0, 0.05) is 11.4 Å². The van der Waals surface area contributed by atoms with Gasteiger partial charge >= 0.3 is 5.97 Å². The molecule has 0 bridgehead atoms. The standard InChI is InChI=1S/C21H39BrO2/c1-3-4-5-6-7-8-12-15-18-21(23)24-20(2)17-14-11-9-10-13-16-19-22/h15,18,20H,3-14,16-17,19H2,1-2H3/b18-15+. The lowest BCUT2D eigenvalue weighted by atomic mass is 10.1. The zero-order valence-corrected chi connectivity index (χ0v) is 17.6. The maximum absolute atomic E-state index is 11.7. The monoisotopic (exact) mass is 402 g/mol. The Morgan fingerprint density at radius 2 is 1.50 bits per heavy atom. The molecule has 0 amide bonds. The largest absolute Gasteiger partial charge is 0.460 e. The van der Waals surface area contributed by atoms with Gasteiger partial charge < -0.3 is 4.74 Å². The number of hydrogen-bond acceptors (Lipinski definition) is 2. The first-order valence-electron chi connectivity index (χ1n) is 10.1. The Hall–Kier alpha value is -0.310. The molecule has 142 valence electrons. The molecule has 0 spiro atoms. The number of alkyl halides is 1. The highest BCUT2D eigenvalue weighted by molar-refractivity contribution is 9.09. The van der Waals surface area contributed by atoms with Crippen LogP contribution < -0.4 is 0 Å². The van der Waals surface area contributed by atoms with E-state index in [1.54, 1.807) is 6.08 Å². The van der Waals surface area contributed by atoms with Crippen LogP contribution in [0, 0.1) is 0 Å². The van der Waals surface area contributed by atoms with Crippen LogP contribution in [0.25, 0.3) is 0 Å². The normalized spacial score (nSPS) is 12.6. The van der Waals surface area contributed by atoms with Crippen LogP contribution in [0.2, 0.25) is 0 Å². The van der Waals surface area contributed by atoms with E-state index in [1.165, 1.54) is 70.6 Å². The van der Waals surface area contributed by atoms with Gasteiger partial charge in [-0.3, -0.25) is 0 Å². The number of carbonyl (C=O) groups excluding carboxylic acids is 1. The van der Waals surface area contributed by atoms with Crippen LogP contribution in [0.1, 0.15) is 104 Å². The highest BCUT2D eigenvalue weighted by Gasteiger charge is 2.06. The third-order valence-corrected chi connectivity index (χ3v) is 4.85. The molecule has 0 aliphatic rings. The third kappa shape index (κ3) is 18.0. The Morgan fingerprint density at radius 1 is 0.917 bits per heavy atom. The van der Waals surface area contributed by atoms with Crippen molar-refractivity contribution in [2.45, 2.75) is 110 Å². The number of carbonyl (C=O) groups is 1. The first kappa shape index (κ1) is 23.7. The van der Waals surface area contributed by atoms with Crippen molar-refractivity contribution in [1.82, 2.24) is 0 Å². The molecule has 3 heteroatoms. The molecular formula is C21H39BrO2. The van der Waals surface area contributed by atoms with E-state index < -0.39 is 0 Å². The van der Waals surface area contributed by atoms with Gasteiger partial charge in [0.2, 0.25) is 0 Å². The Labute approximate surface area is 158 Å². The molecule has 0 aromatic heterocycles. The Bertz CT molecular complexity index is 302. The van der Waals surface area contributed by atoms with Gasteiger partial charge in [0.05, 0.1) is 6.10 Å². The Kier molecular flexibility index (Phi) is 18.8. The molecule has 0 saturated carbocycles. The molecule has 0 aliphatic heterocycles. The zero-order valence-electron chi connectivity index (χ0n) is 16.0. The second-order valence-electron chi connectivity index (χ2n) is 6.81. The maximum atomic E-state index is 11.7. The van der Waals surface area contributed by atoms with E-state index in [2.05, 4.69) is 22.9 Å². The van der Waals surface area contributed by atoms with E-state index in [1.807, 2.05) is 13.0 Å². The number of unbranched alkanes of at least 4 members (excludes halogenated alkanes) is 11. The number of esters is 1. The molecule has 0 N–H and O–H groups in total. The highest BCUT2D eigenvalue weighted by atomic mass is 79.9. The molecule has 24 heavy (non-hydrogen) atoms. The summed E-state index contributed by atoms with van der Waals surface area (Å²) in [6, 6.07) is 0. The van der Waals surface area contributed by atoms with Gasteiger partial charge in [0.1, 0.15) is 0 Å². The molecule has 0 radical (unpaired) electrons. The molecule has 0 aromatic carbocycles. The molecule has 0 aromatic rings. The number of halogens is 1. The summed E-state index contributed by atoms with van der Waals surface area (Å²) >= 11 is 3.46. The minimum atomic E-state index is -0.175. The van der Waals surface area contributed by atoms with Crippen molar-refractivity contribution in [3.8, 4) is 0 Å². The van der Waals surface area contributed by atoms with Crippen molar-refractivity contribution >= 4 is 21.9 Å². The summed E-state index contributed by atoms with van der Waals surface area (Å²) in [4.78, 5) is 11.7. The Morgan fingerprint density at radius 3 is 2.17 bits per heavy atom. The SMILES string of the molecule is CCCCCCCC/C=C/C(=O)OC(C)CCCCCCCCBr. The van der Waals surface area contributed by atoms with Gasteiger partial charge in [-0.05, 0) is 39.0 Å². The predicted molar refractivity (Wildman–Crippen MR) is 109 cm³/mol. The smallest absolute Gasteiger partial charge is 0.330 e. The number of ether oxygens (including phenoxy) is 1. The van der Waals surface area contributed by atoms with Gasteiger partial charge in [-0.25, -0.2) is 4.79 Å². The molecule has 0 heterocycles. The van der Waals surface area contributed by atoms with Gasteiger partial charge in [0.25, 0.3) is 0 Å². The Balaban J connectivity index is 3.46. The number of allylic oxidation sites excluding steroid dienone is 1. The van der Waals surface area contributed by atoms with Crippen molar-refractivity contribution in [2.24, 2.45) is 0 Å². The first-order chi connectivity index (χ1) is 11.7. The predicted octanol–water partition coefficient (Wildman–Crippen LogP) is 7.35. The van der Waals surface area contributed by atoms with E-state index >= 15 is 0 Å². The number of rotatable bonds is 17. The van der Waals surface area contributed by atoms with Gasteiger partial charge in [0.15, 0.2) is 0 Å². The summed E-state index contributed by atoms with van der Waals surface area (Å²) in [5.74, 6) is -0.175. The molecular weight excluding hydrogens is 364 g/mol. The summed E-state index contributed by atoms with van der Waals surface area (Å²) in [7, 11) is 0. The van der Waals surface area contributed by atoms with Crippen molar-refractivity contribution < 1.29 is 9.53 Å². The van der Waals surface area contributed by atoms with E-state index in [-0.39, 0.29) is 12.1 Å². The van der Waals surface area contributed by atoms with Crippen LogP contribution in [0.15, 0.2) is 12.2 Å². The quantitative estimate of drug-likeness (QED) is 0.110. The summed E-state index contributed by atoms with van der Waals surface area (Å²) in [5, 5.41) is 1.12.